The molecule has 1 spiro atoms. The maximum absolute atomic E-state index is 4.50. The Morgan fingerprint density at radius 3 is 1.86 bits per heavy atom. The predicted octanol–water partition coefficient (Wildman–Crippen LogP) is 5.04. The molecule has 3 aliphatic rings. The molecule has 2 aromatic rings. The molecule has 7 heteroatoms. The third kappa shape index (κ3) is 6.69. The van der Waals surface area contributed by atoms with E-state index in [-0.39, 0.29) is 0 Å². The van der Waals surface area contributed by atoms with Crippen molar-refractivity contribution in [1.82, 2.24) is 24.8 Å². The number of rotatable bonds is 5. The van der Waals surface area contributed by atoms with Crippen molar-refractivity contribution in [3.63, 3.8) is 0 Å². The highest BCUT2D eigenvalue weighted by molar-refractivity contribution is 5.38. The quantitative estimate of drug-likeness (QED) is 0.593. The van der Waals surface area contributed by atoms with E-state index in [4.69, 9.17) is 0 Å². The minimum Gasteiger partial charge on any atom is -0.341 e. The summed E-state index contributed by atoms with van der Waals surface area (Å²) in [5.41, 5.74) is 2.96. The first-order valence-electron chi connectivity index (χ1n) is 13.7. The molecule has 5 rings (SSSR count). The van der Waals surface area contributed by atoms with E-state index in [0.29, 0.717) is 17.4 Å². The highest BCUT2D eigenvalue weighted by Gasteiger charge is 2.52. The van der Waals surface area contributed by atoms with E-state index in [9.17, 15) is 0 Å². The van der Waals surface area contributed by atoms with Crippen molar-refractivity contribution in [2.75, 3.05) is 49.1 Å². The van der Waals surface area contributed by atoms with Crippen molar-refractivity contribution in [2.45, 2.75) is 80.2 Å². The summed E-state index contributed by atoms with van der Waals surface area (Å²) < 4.78 is 0. The van der Waals surface area contributed by atoms with Crippen LogP contribution in [0.3, 0.4) is 0 Å². The smallest absolute Gasteiger partial charge is 0.225 e. The minimum atomic E-state index is 0.503. The SMILES string of the molecule is CC.CC(C)c1cnc(N2CC3(C2)CN(C(C)C)C3)nc1.CCc1cnc(N2CCC(C)C2)nc1. The van der Waals surface area contributed by atoms with E-state index >= 15 is 0 Å². The zero-order valence-electron chi connectivity index (χ0n) is 23.3. The van der Waals surface area contributed by atoms with Crippen molar-refractivity contribution in [2.24, 2.45) is 11.3 Å². The van der Waals surface area contributed by atoms with Crippen LogP contribution < -0.4 is 9.80 Å². The zero-order valence-corrected chi connectivity index (χ0v) is 23.3. The van der Waals surface area contributed by atoms with Crippen molar-refractivity contribution < 1.29 is 0 Å². The van der Waals surface area contributed by atoms with Crippen LogP contribution in [0.5, 0.6) is 0 Å². The zero-order chi connectivity index (χ0) is 25.6. The number of anilines is 2. The highest BCUT2D eigenvalue weighted by Crippen LogP contribution is 2.41. The third-order valence-electron chi connectivity index (χ3n) is 7.27. The lowest BCUT2D eigenvalue weighted by molar-refractivity contribution is -0.0418. The molecule has 5 heterocycles. The summed E-state index contributed by atoms with van der Waals surface area (Å²) in [6.45, 7) is 24.2. The average Bonchev–Trinajstić information content (AvgIpc) is 3.25. The van der Waals surface area contributed by atoms with Crippen molar-refractivity contribution in [1.29, 1.82) is 0 Å². The van der Waals surface area contributed by atoms with Crippen LogP contribution in [0.1, 0.15) is 78.9 Å². The Morgan fingerprint density at radius 1 is 0.857 bits per heavy atom. The molecule has 0 N–H and O–H groups in total. The van der Waals surface area contributed by atoms with Gasteiger partial charge in [-0.2, -0.15) is 0 Å². The van der Waals surface area contributed by atoms with Gasteiger partial charge in [0.05, 0.1) is 0 Å². The molecule has 1 unspecified atom stereocenters. The predicted molar refractivity (Wildman–Crippen MR) is 146 cm³/mol. The fraction of sp³-hybridized carbons (Fsp3) is 0.714. The van der Waals surface area contributed by atoms with Crippen LogP contribution >= 0.6 is 0 Å². The maximum atomic E-state index is 4.50. The molecular weight excluding hydrogens is 434 g/mol. The Labute approximate surface area is 213 Å². The Balaban J connectivity index is 0.000000190. The van der Waals surface area contributed by atoms with Crippen LogP contribution in [-0.4, -0.2) is 70.1 Å². The van der Waals surface area contributed by atoms with Gasteiger partial charge in [0.1, 0.15) is 0 Å². The average molecular weight is 482 g/mol. The van der Waals surface area contributed by atoms with Gasteiger partial charge >= 0.3 is 0 Å². The number of hydrogen-bond acceptors (Lipinski definition) is 7. The van der Waals surface area contributed by atoms with E-state index in [0.717, 1.165) is 50.4 Å². The first-order valence-corrected chi connectivity index (χ1v) is 13.7. The monoisotopic (exact) mass is 481 g/mol. The molecule has 35 heavy (non-hydrogen) atoms. The lowest BCUT2D eigenvalue weighted by atomic mass is 9.72. The molecule has 194 valence electrons. The highest BCUT2D eigenvalue weighted by atomic mass is 15.4. The molecule has 0 radical (unpaired) electrons. The summed E-state index contributed by atoms with van der Waals surface area (Å²) in [5.74, 6) is 3.08. The molecule has 0 aromatic carbocycles. The molecular formula is C28H47N7. The third-order valence-corrected chi connectivity index (χ3v) is 7.27. The normalized spacial score (nSPS) is 20.7. The summed E-state index contributed by atoms with van der Waals surface area (Å²) in [4.78, 5) is 24.9. The summed E-state index contributed by atoms with van der Waals surface area (Å²) in [5, 5.41) is 0. The number of nitrogens with zero attached hydrogens (tertiary/aromatic N) is 7. The number of aromatic nitrogens is 4. The van der Waals surface area contributed by atoms with Gasteiger partial charge in [-0.15, -0.1) is 0 Å². The first kappa shape index (κ1) is 27.3. The van der Waals surface area contributed by atoms with Crippen LogP contribution in [-0.2, 0) is 6.42 Å². The lowest BCUT2D eigenvalue weighted by Gasteiger charge is -2.61. The molecule has 0 amide bonds. The maximum Gasteiger partial charge on any atom is 0.225 e. The van der Waals surface area contributed by atoms with E-state index in [1.54, 1.807) is 0 Å². The minimum absolute atomic E-state index is 0.503. The van der Waals surface area contributed by atoms with Gasteiger partial charge in [-0.05, 0) is 49.7 Å². The summed E-state index contributed by atoms with van der Waals surface area (Å²) >= 11 is 0. The van der Waals surface area contributed by atoms with Gasteiger partial charge < -0.3 is 9.80 Å². The van der Waals surface area contributed by atoms with Crippen LogP contribution in [0, 0.1) is 11.3 Å². The van der Waals surface area contributed by atoms with Crippen LogP contribution in [0.4, 0.5) is 11.9 Å². The first-order chi connectivity index (χ1) is 16.8. The lowest BCUT2D eigenvalue weighted by Crippen LogP contribution is -2.73. The Bertz CT molecular complexity index is 881. The molecule has 3 fully saturated rings. The fourth-order valence-electron chi connectivity index (χ4n) is 4.89. The second-order valence-electron chi connectivity index (χ2n) is 10.9. The summed E-state index contributed by atoms with van der Waals surface area (Å²) in [6, 6.07) is 0.682. The number of likely N-dealkylation sites (tertiary alicyclic amines) is 1. The van der Waals surface area contributed by atoms with Gasteiger partial charge in [0.2, 0.25) is 11.9 Å². The van der Waals surface area contributed by atoms with Gasteiger partial charge in [0.25, 0.3) is 0 Å². The van der Waals surface area contributed by atoms with Crippen LogP contribution in [0.15, 0.2) is 24.8 Å². The Kier molecular flexibility index (Phi) is 9.45. The standard InChI is InChI=1S/C15H24N4.C11H17N3.C2H6/c1-11(2)13-5-16-14(17-6-13)19-9-15(10-19)7-18(8-15)12(3)4;1-3-10-6-12-11(13-7-10)14-5-4-9(2)8-14;1-2/h5-6,11-12H,7-10H2,1-4H3;6-7,9H,3-5,8H2,1-2H3;1-2H3. The van der Waals surface area contributed by atoms with E-state index in [1.165, 1.54) is 30.6 Å². The Hall–Kier alpha value is -2.28. The van der Waals surface area contributed by atoms with Gasteiger partial charge in [-0.25, -0.2) is 19.9 Å². The van der Waals surface area contributed by atoms with Crippen LogP contribution in [0.25, 0.3) is 0 Å². The largest absolute Gasteiger partial charge is 0.341 e. The molecule has 0 bridgehead atoms. The molecule has 3 aliphatic heterocycles. The molecule has 2 aromatic heterocycles. The van der Waals surface area contributed by atoms with E-state index < -0.39 is 0 Å². The molecule has 1 atom stereocenters. The van der Waals surface area contributed by atoms with E-state index in [1.807, 2.05) is 38.6 Å². The van der Waals surface area contributed by atoms with Crippen molar-refractivity contribution in [3.8, 4) is 0 Å². The van der Waals surface area contributed by atoms with Gasteiger partial charge in [0.15, 0.2) is 0 Å². The van der Waals surface area contributed by atoms with Gasteiger partial charge in [0, 0.05) is 75.5 Å². The van der Waals surface area contributed by atoms with E-state index in [2.05, 4.69) is 76.2 Å². The summed E-state index contributed by atoms with van der Waals surface area (Å²) in [6.07, 6.45) is 10.1. The fourth-order valence-corrected chi connectivity index (χ4v) is 4.89. The number of aryl methyl sites for hydroxylation is 1. The molecule has 0 saturated carbocycles. The topological polar surface area (TPSA) is 61.3 Å². The number of hydrogen-bond donors (Lipinski definition) is 0. The Morgan fingerprint density at radius 2 is 1.40 bits per heavy atom. The second kappa shape index (κ2) is 12.1. The molecule has 3 saturated heterocycles. The van der Waals surface area contributed by atoms with Gasteiger partial charge in [-0.1, -0.05) is 41.5 Å². The van der Waals surface area contributed by atoms with Crippen molar-refractivity contribution >= 4 is 11.9 Å². The molecule has 0 aliphatic carbocycles. The van der Waals surface area contributed by atoms with Crippen LogP contribution in [0.2, 0.25) is 0 Å². The second-order valence-corrected chi connectivity index (χ2v) is 10.9. The van der Waals surface area contributed by atoms with Crippen molar-refractivity contribution in [3.05, 3.63) is 35.9 Å². The van der Waals surface area contributed by atoms with Gasteiger partial charge in [-0.3, -0.25) is 4.90 Å². The molecule has 7 nitrogen and oxygen atoms in total. The summed E-state index contributed by atoms with van der Waals surface area (Å²) in [7, 11) is 0.